The average molecular weight is 598 g/mol. The highest BCUT2D eigenvalue weighted by Crippen LogP contribution is 2.42. The van der Waals surface area contributed by atoms with E-state index < -0.39 is 5.97 Å². The highest BCUT2D eigenvalue weighted by atomic mass is 35.5. The molecule has 0 radical (unpaired) electrons. The number of carboxylic acid groups (broad SMARTS) is 1. The van der Waals surface area contributed by atoms with Crippen LogP contribution in [0.1, 0.15) is 52.0 Å². The summed E-state index contributed by atoms with van der Waals surface area (Å²) in [6.07, 6.45) is 1.85. The molecule has 0 atom stereocenters. The SMILES string of the molecule is Cc1cc(OCCCC2=C(C(=O)Nc3ccc(CC(=O)O)cc3)Cc3c2cccc3-c2c(C)nn(C)c2C)cc(C)c1Cl. The van der Waals surface area contributed by atoms with Crippen LogP contribution in [0.2, 0.25) is 5.02 Å². The average Bonchev–Trinajstić information content (AvgIpc) is 3.46. The first-order chi connectivity index (χ1) is 20.5. The Bertz CT molecular complexity index is 1730. The van der Waals surface area contributed by atoms with Gasteiger partial charge in [0.2, 0.25) is 0 Å². The van der Waals surface area contributed by atoms with Crippen LogP contribution < -0.4 is 10.1 Å². The van der Waals surface area contributed by atoms with Gasteiger partial charge in [-0.25, -0.2) is 0 Å². The van der Waals surface area contributed by atoms with Crippen molar-refractivity contribution in [3.63, 3.8) is 0 Å². The lowest BCUT2D eigenvalue weighted by molar-refractivity contribution is -0.136. The first kappa shape index (κ1) is 30.1. The van der Waals surface area contributed by atoms with E-state index in [1.54, 1.807) is 24.3 Å². The number of carbonyl (C=O) groups excluding carboxylic acids is 1. The van der Waals surface area contributed by atoms with Gasteiger partial charge < -0.3 is 15.2 Å². The summed E-state index contributed by atoms with van der Waals surface area (Å²) in [4.78, 5) is 24.8. The van der Waals surface area contributed by atoms with Crippen LogP contribution in [0.15, 0.2) is 60.2 Å². The van der Waals surface area contributed by atoms with Crippen molar-refractivity contribution in [3.8, 4) is 16.9 Å². The van der Waals surface area contributed by atoms with Gasteiger partial charge in [0.1, 0.15) is 5.75 Å². The largest absolute Gasteiger partial charge is 0.494 e. The molecular weight excluding hydrogens is 562 g/mol. The van der Waals surface area contributed by atoms with Crippen LogP contribution in [-0.4, -0.2) is 33.4 Å². The van der Waals surface area contributed by atoms with Gasteiger partial charge in [0.05, 0.1) is 18.7 Å². The molecule has 43 heavy (non-hydrogen) atoms. The van der Waals surface area contributed by atoms with E-state index in [0.29, 0.717) is 30.7 Å². The Balaban J connectivity index is 1.42. The molecule has 1 aliphatic carbocycles. The lowest BCUT2D eigenvalue weighted by Gasteiger charge is -2.13. The lowest BCUT2D eigenvalue weighted by atomic mass is 9.93. The first-order valence-electron chi connectivity index (χ1n) is 14.4. The van der Waals surface area contributed by atoms with E-state index in [2.05, 4.69) is 35.5 Å². The van der Waals surface area contributed by atoms with Crippen LogP contribution in [-0.2, 0) is 29.5 Å². The van der Waals surface area contributed by atoms with E-state index in [1.807, 2.05) is 44.6 Å². The zero-order valence-electron chi connectivity index (χ0n) is 25.2. The molecule has 0 spiro atoms. The van der Waals surface area contributed by atoms with E-state index in [0.717, 1.165) is 73.1 Å². The van der Waals surface area contributed by atoms with Crippen LogP contribution in [0.5, 0.6) is 5.75 Å². The molecule has 4 aromatic rings. The number of hydrogen-bond acceptors (Lipinski definition) is 4. The van der Waals surface area contributed by atoms with Gasteiger partial charge in [-0.05, 0) is 104 Å². The molecule has 1 aromatic heterocycles. The summed E-state index contributed by atoms with van der Waals surface area (Å²) >= 11 is 6.33. The smallest absolute Gasteiger partial charge is 0.307 e. The molecule has 222 valence electrons. The summed E-state index contributed by atoms with van der Waals surface area (Å²) in [5.41, 5.74) is 11.5. The predicted molar refractivity (Wildman–Crippen MR) is 171 cm³/mol. The maximum atomic E-state index is 13.8. The second kappa shape index (κ2) is 12.5. The van der Waals surface area contributed by atoms with Crippen molar-refractivity contribution < 1.29 is 19.4 Å². The van der Waals surface area contributed by atoms with E-state index in [-0.39, 0.29) is 12.3 Å². The number of carboxylic acids is 1. The van der Waals surface area contributed by atoms with E-state index in [9.17, 15) is 9.59 Å². The molecule has 7 nitrogen and oxygen atoms in total. The number of halogens is 1. The number of ether oxygens (including phenoxy) is 1. The van der Waals surface area contributed by atoms with Crippen molar-refractivity contribution in [1.29, 1.82) is 0 Å². The number of hydrogen-bond donors (Lipinski definition) is 2. The summed E-state index contributed by atoms with van der Waals surface area (Å²) in [6.45, 7) is 8.52. The summed E-state index contributed by atoms with van der Waals surface area (Å²) in [6, 6.07) is 17.1. The van der Waals surface area contributed by atoms with Gasteiger partial charge in [-0.15, -0.1) is 0 Å². The molecule has 5 rings (SSSR count). The number of aryl methyl sites for hydroxylation is 4. The molecular formula is C35H36ClN3O4. The molecule has 3 aromatic carbocycles. The fourth-order valence-corrected chi connectivity index (χ4v) is 6.03. The molecule has 1 aliphatic rings. The van der Waals surface area contributed by atoms with Crippen molar-refractivity contribution in [2.24, 2.45) is 7.05 Å². The van der Waals surface area contributed by atoms with Gasteiger partial charge in [-0.1, -0.05) is 41.9 Å². The third-order valence-electron chi connectivity index (χ3n) is 8.09. The van der Waals surface area contributed by atoms with Crippen molar-refractivity contribution >= 4 is 34.7 Å². The van der Waals surface area contributed by atoms with Crippen molar-refractivity contribution in [2.75, 3.05) is 11.9 Å². The van der Waals surface area contributed by atoms with E-state index in [4.69, 9.17) is 21.4 Å². The monoisotopic (exact) mass is 597 g/mol. The molecule has 0 saturated carbocycles. The minimum absolute atomic E-state index is 0.0635. The third kappa shape index (κ3) is 6.37. The van der Waals surface area contributed by atoms with Crippen LogP contribution in [0.25, 0.3) is 16.7 Å². The summed E-state index contributed by atoms with van der Waals surface area (Å²) in [5, 5.41) is 17.5. The number of amides is 1. The van der Waals surface area contributed by atoms with Crippen molar-refractivity contribution in [3.05, 3.63) is 104 Å². The molecule has 1 heterocycles. The van der Waals surface area contributed by atoms with Crippen LogP contribution in [0.4, 0.5) is 5.69 Å². The van der Waals surface area contributed by atoms with Gasteiger partial charge in [-0.3, -0.25) is 14.3 Å². The predicted octanol–water partition coefficient (Wildman–Crippen LogP) is 7.41. The van der Waals surface area contributed by atoms with Gasteiger partial charge in [0, 0.05) is 41.0 Å². The fraction of sp³-hybridized carbons (Fsp3) is 0.286. The summed E-state index contributed by atoms with van der Waals surface area (Å²) in [7, 11) is 1.95. The highest BCUT2D eigenvalue weighted by Gasteiger charge is 2.29. The molecule has 0 fully saturated rings. The number of carbonyl (C=O) groups is 2. The number of allylic oxidation sites excluding steroid dienone is 1. The number of aliphatic carboxylic acids is 1. The Hall–Kier alpha value is -4.36. The van der Waals surface area contributed by atoms with E-state index in [1.165, 1.54) is 0 Å². The molecule has 0 unspecified atom stereocenters. The van der Waals surface area contributed by atoms with Gasteiger partial charge in [-0.2, -0.15) is 5.10 Å². The van der Waals surface area contributed by atoms with E-state index >= 15 is 0 Å². The second-order valence-electron chi connectivity index (χ2n) is 11.2. The Morgan fingerprint density at radius 2 is 1.70 bits per heavy atom. The number of nitrogens with one attached hydrogen (secondary N) is 1. The maximum Gasteiger partial charge on any atom is 0.307 e. The highest BCUT2D eigenvalue weighted by molar-refractivity contribution is 6.32. The van der Waals surface area contributed by atoms with Gasteiger partial charge in [0.25, 0.3) is 5.91 Å². The minimum atomic E-state index is -0.893. The number of benzene rings is 3. The number of rotatable bonds is 10. The molecule has 0 aliphatic heterocycles. The van der Waals surface area contributed by atoms with Gasteiger partial charge in [0.15, 0.2) is 0 Å². The standard InChI is InChI=1S/C35H36ClN3O4/c1-20-16-26(17-21(2)34(20)36)43-15-7-10-28-27-8-6-9-29(33-22(3)38-39(5)23(33)4)30(27)19-31(28)35(42)37-25-13-11-24(12-14-25)18-32(40)41/h6,8-9,11-14,16-17H,7,10,15,18-19H2,1-5H3,(H,37,42)(H,40,41). The maximum absolute atomic E-state index is 13.8. The summed E-state index contributed by atoms with van der Waals surface area (Å²) in [5.74, 6) is -0.266. The van der Waals surface area contributed by atoms with Crippen LogP contribution >= 0.6 is 11.6 Å². The number of aromatic nitrogens is 2. The van der Waals surface area contributed by atoms with Gasteiger partial charge >= 0.3 is 5.97 Å². The molecule has 0 saturated heterocycles. The minimum Gasteiger partial charge on any atom is -0.494 e. The lowest BCUT2D eigenvalue weighted by Crippen LogP contribution is -2.15. The Morgan fingerprint density at radius 3 is 2.33 bits per heavy atom. The Kier molecular flexibility index (Phi) is 8.74. The molecule has 2 N–H and O–H groups in total. The molecule has 0 bridgehead atoms. The number of nitrogens with zero attached hydrogens (tertiary/aromatic N) is 2. The zero-order chi connectivity index (χ0) is 30.8. The zero-order valence-corrected chi connectivity index (χ0v) is 25.9. The first-order valence-corrected chi connectivity index (χ1v) is 14.8. The fourth-order valence-electron chi connectivity index (χ4n) is 5.92. The number of anilines is 1. The Morgan fingerprint density at radius 1 is 1.02 bits per heavy atom. The van der Waals surface area contributed by atoms with Crippen molar-refractivity contribution in [2.45, 2.75) is 53.4 Å². The molecule has 8 heteroatoms. The third-order valence-corrected chi connectivity index (χ3v) is 8.68. The van der Waals surface area contributed by atoms with Crippen molar-refractivity contribution in [1.82, 2.24) is 9.78 Å². The Labute approximate surface area is 257 Å². The number of fused-ring (bicyclic) bond motifs is 1. The normalized spacial score (nSPS) is 12.4. The van der Waals surface area contributed by atoms with Crippen LogP contribution in [0, 0.1) is 27.7 Å². The van der Waals surface area contributed by atoms with Crippen LogP contribution in [0.3, 0.4) is 0 Å². The quantitative estimate of drug-likeness (QED) is 0.186. The topological polar surface area (TPSA) is 93.4 Å². The summed E-state index contributed by atoms with van der Waals surface area (Å²) < 4.78 is 7.99. The second-order valence-corrected chi connectivity index (χ2v) is 11.6. The molecule has 1 amide bonds.